The molecule has 2 aromatic carbocycles. The zero-order chi connectivity index (χ0) is 24.0. The summed E-state index contributed by atoms with van der Waals surface area (Å²) >= 11 is 0. The van der Waals surface area contributed by atoms with E-state index in [4.69, 9.17) is 34.7 Å². The van der Waals surface area contributed by atoms with Crippen molar-refractivity contribution >= 4 is 22.9 Å². The number of carbonyl (C=O) groups excluding carboxylic acids is 1. The van der Waals surface area contributed by atoms with Gasteiger partial charge >= 0.3 is 0 Å². The van der Waals surface area contributed by atoms with Gasteiger partial charge in [-0.2, -0.15) is 0 Å². The van der Waals surface area contributed by atoms with Crippen LogP contribution in [0.1, 0.15) is 23.1 Å². The molecule has 0 unspecified atom stereocenters. The molecule has 176 valence electrons. The average molecular weight is 457 g/mol. The molecule has 33 heavy (non-hydrogen) atoms. The monoisotopic (exact) mass is 457 g/mol. The highest BCUT2D eigenvalue weighted by Gasteiger charge is 2.26. The summed E-state index contributed by atoms with van der Waals surface area (Å²) in [7, 11) is 6.24. The molecule has 0 aliphatic heterocycles. The second-order valence-electron chi connectivity index (χ2n) is 7.08. The highest BCUT2D eigenvalue weighted by Crippen LogP contribution is 2.46. The van der Waals surface area contributed by atoms with Crippen LogP contribution in [0.25, 0.3) is 5.57 Å². The van der Waals surface area contributed by atoms with Crippen LogP contribution in [0.15, 0.2) is 35.5 Å². The van der Waals surface area contributed by atoms with Crippen LogP contribution in [-0.2, 0) is 16.1 Å². The highest BCUT2D eigenvalue weighted by molar-refractivity contribution is 6.05. The number of benzene rings is 2. The molecule has 0 radical (unpaired) electrons. The Morgan fingerprint density at radius 2 is 1.76 bits per heavy atom. The number of carbonyl (C=O) groups is 1. The number of rotatable bonds is 8. The van der Waals surface area contributed by atoms with E-state index >= 15 is 0 Å². The van der Waals surface area contributed by atoms with Crippen molar-refractivity contribution in [3.05, 3.63) is 47.0 Å². The maximum absolute atomic E-state index is 11.3. The van der Waals surface area contributed by atoms with Gasteiger partial charge in [0.1, 0.15) is 5.75 Å². The number of amides is 1. The number of nitrogens with zero attached hydrogens (tertiary/aromatic N) is 1. The third kappa shape index (κ3) is 4.96. The number of allylic oxidation sites excluding steroid dienone is 1. The summed E-state index contributed by atoms with van der Waals surface area (Å²) in [4.78, 5) is 16.4. The van der Waals surface area contributed by atoms with Gasteiger partial charge in [0, 0.05) is 5.56 Å². The number of oxime groups is 1. The number of hydroxylamine groups is 1. The Labute approximate surface area is 191 Å². The van der Waals surface area contributed by atoms with Gasteiger partial charge < -0.3 is 29.5 Å². The van der Waals surface area contributed by atoms with E-state index in [1.54, 1.807) is 40.6 Å². The van der Waals surface area contributed by atoms with Crippen LogP contribution in [-0.4, -0.2) is 51.9 Å². The second kappa shape index (κ2) is 10.6. The number of anilines is 1. The van der Waals surface area contributed by atoms with Gasteiger partial charge in [-0.15, -0.1) is 0 Å². The number of hydrogen-bond acceptors (Lipinski definition) is 9. The van der Waals surface area contributed by atoms with Crippen molar-refractivity contribution < 1.29 is 33.8 Å². The van der Waals surface area contributed by atoms with Crippen LogP contribution in [0.4, 0.5) is 5.69 Å². The third-order valence-corrected chi connectivity index (χ3v) is 5.21. The quantitative estimate of drug-likeness (QED) is 0.313. The summed E-state index contributed by atoms with van der Waals surface area (Å²) in [6.45, 7) is -0.420. The van der Waals surface area contributed by atoms with Crippen molar-refractivity contribution in [1.29, 1.82) is 0 Å². The van der Waals surface area contributed by atoms with Crippen LogP contribution in [0, 0.1) is 0 Å². The van der Waals surface area contributed by atoms with E-state index in [0.29, 0.717) is 47.2 Å². The zero-order valence-corrected chi connectivity index (χ0v) is 18.9. The zero-order valence-electron chi connectivity index (χ0n) is 18.9. The molecule has 0 spiro atoms. The lowest BCUT2D eigenvalue weighted by molar-refractivity contribution is -0.133. The van der Waals surface area contributed by atoms with Crippen molar-refractivity contribution in [2.75, 3.05) is 40.8 Å². The normalized spacial score (nSPS) is 14.0. The predicted molar refractivity (Wildman–Crippen MR) is 122 cm³/mol. The van der Waals surface area contributed by atoms with Crippen LogP contribution in [0.2, 0.25) is 0 Å². The van der Waals surface area contributed by atoms with Gasteiger partial charge in [0.05, 0.1) is 39.8 Å². The first-order valence-corrected chi connectivity index (χ1v) is 10.1. The molecule has 3 rings (SSSR count). The number of nitrogens with one attached hydrogen (secondary N) is 1. The van der Waals surface area contributed by atoms with E-state index in [1.165, 1.54) is 5.48 Å². The van der Waals surface area contributed by atoms with Crippen LogP contribution >= 0.6 is 0 Å². The molecule has 0 aromatic heterocycles. The van der Waals surface area contributed by atoms with E-state index in [9.17, 15) is 4.79 Å². The molecule has 10 nitrogen and oxygen atoms in total. The van der Waals surface area contributed by atoms with E-state index in [-0.39, 0.29) is 0 Å². The van der Waals surface area contributed by atoms with Gasteiger partial charge in [-0.25, -0.2) is 5.48 Å². The largest absolute Gasteiger partial charge is 0.495 e. The molecule has 10 heteroatoms. The smallest absolute Gasteiger partial charge is 0.284 e. The minimum Gasteiger partial charge on any atom is -0.495 e. The maximum atomic E-state index is 11.3. The third-order valence-electron chi connectivity index (χ3n) is 5.21. The van der Waals surface area contributed by atoms with Crippen molar-refractivity contribution in [1.82, 2.24) is 5.48 Å². The fourth-order valence-electron chi connectivity index (χ4n) is 3.69. The van der Waals surface area contributed by atoms with Crippen molar-refractivity contribution in [2.45, 2.75) is 12.8 Å². The molecular weight excluding hydrogens is 430 g/mol. The lowest BCUT2D eigenvalue weighted by Crippen LogP contribution is -2.23. The molecule has 4 N–H and O–H groups in total. The average Bonchev–Trinajstić information content (AvgIpc) is 3.01. The minimum absolute atomic E-state index is 0.420. The summed E-state index contributed by atoms with van der Waals surface area (Å²) in [6.07, 6.45) is 2.91. The van der Waals surface area contributed by atoms with Gasteiger partial charge in [-0.1, -0.05) is 11.2 Å². The first-order valence-electron chi connectivity index (χ1n) is 10.1. The summed E-state index contributed by atoms with van der Waals surface area (Å²) in [5, 5.41) is 12.7. The topological polar surface area (TPSA) is 134 Å². The number of nitrogens with two attached hydrogens (primary N) is 1. The number of fused-ring (bicyclic) bond motifs is 1. The lowest BCUT2D eigenvalue weighted by Gasteiger charge is -2.20. The lowest BCUT2D eigenvalue weighted by atomic mass is 9.92. The Bertz CT molecular complexity index is 1100. The summed E-state index contributed by atoms with van der Waals surface area (Å²) in [6, 6.07) is 7.36. The molecule has 1 amide bonds. The first kappa shape index (κ1) is 23.7. The number of hydrogen-bond donors (Lipinski definition) is 3. The maximum Gasteiger partial charge on any atom is 0.284 e. The Kier molecular flexibility index (Phi) is 7.62. The molecular formula is C23H27N3O7. The fraction of sp³-hybridized carbons (Fsp3) is 0.304. The molecule has 0 bridgehead atoms. The Morgan fingerprint density at radius 1 is 1.03 bits per heavy atom. The fourth-order valence-corrected chi connectivity index (χ4v) is 3.69. The minimum atomic E-state index is -0.709. The highest BCUT2D eigenvalue weighted by atomic mass is 16.6. The molecule has 0 heterocycles. The van der Waals surface area contributed by atoms with Gasteiger partial charge in [-0.05, 0) is 53.8 Å². The van der Waals surface area contributed by atoms with Gasteiger partial charge in [-0.3, -0.25) is 10.0 Å². The Balaban J connectivity index is 2.20. The van der Waals surface area contributed by atoms with Crippen molar-refractivity contribution in [3.8, 4) is 23.0 Å². The van der Waals surface area contributed by atoms with Gasteiger partial charge in [0.25, 0.3) is 5.91 Å². The molecule has 1 aliphatic rings. The second-order valence-corrected chi connectivity index (χ2v) is 7.08. The Hall–Kier alpha value is -3.92. The van der Waals surface area contributed by atoms with E-state index in [1.807, 2.05) is 18.2 Å². The van der Waals surface area contributed by atoms with Crippen molar-refractivity contribution in [2.24, 2.45) is 5.16 Å². The van der Waals surface area contributed by atoms with E-state index in [2.05, 4.69) is 5.16 Å². The summed E-state index contributed by atoms with van der Waals surface area (Å²) < 4.78 is 22.1. The molecule has 2 aromatic rings. The Morgan fingerprint density at radius 3 is 2.36 bits per heavy atom. The SMILES string of the molecule is COc1ccc(C2=CC(=NOCC(=O)NO)CCc3c2cc(OC)c(OC)c3OC)cc1N. The van der Waals surface area contributed by atoms with Crippen LogP contribution in [0.3, 0.4) is 0 Å². The molecule has 0 fully saturated rings. The summed E-state index contributed by atoms with van der Waals surface area (Å²) in [5.41, 5.74) is 12.1. The van der Waals surface area contributed by atoms with Crippen LogP contribution < -0.4 is 30.2 Å². The molecule has 0 saturated heterocycles. The standard InChI is InChI=1S/C23H27N3O7/c1-29-19-8-5-13(9-18(19)24)16-10-14(26-33-12-21(27)25-28)6-7-15-17(16)11-20(30-2)23(32-4)22(15)31-3/h5,8-11,28H,6-7,12,24H2,1-4H3,(H,25,27). The molecule has 1 aliphatic carbocycles. The van der Waals surface area contributed by atoms with Crippen molar-refractivity contribution in [3.63, 3.8) is 0 Å². The first-order chi connectivity index (χ1) is 16.0. The number of nitrogen functional groups attached to an aromatic ring is 1. The van der Waals surface area contributed by atoms with E-state index < -0.39 is 12.5 Å². The summed E-state index contributed by atoms with van der Waals surface area (Å²) in [5.74, 6) is 1.41. The number of ether oxygens (including phenoxy) is 4. The van der Waals surface area contributed by atoms with Gasteiger partial charge in [0.15, 0.2) is 18.1 Å². The van der Waals surface area contributed by atoms with E-state index in [0.717, 1.165) is 22.3 Å². The molecule has 0 saturated carbocycles. The predicted octanol–water partition coefficient (Wildman–Crippen LogP) is 2.56. The van der Waals surface area contributed by atoms with Gasteiger partial charge in [0.2, 0.25) is 5.75 Å². The number of methoxy groups -OCH3 is 4. The molecule has 0 atom stereocenters. The van der Waals surface area contributed by atoms with Crippen LogP contribution in [0.5, 0.6) is 23.0 Å².